The average Bonchev–Trinajstić information content (AvgIpc) is 2.21. The highest BCUT2D eigenvalue weighted by atomic mass is 16.6. The number of aromatic nitrogens is 4. The fraction of sp³-hybridized carbons (Fsp3) is 0.606. The van der Waals surface area contributed by atoms with Gasteiger partial charge < -0.3 is 47.7 Å². The molecule has 2 aromatic heterocycles. The van der Waals surface area contributed by atoms with Gasteiger partial charge in [0, 0.05) is 24.7 Å². The summed E-state index contributed by atoms with van der Waals surface area (Å²) < 4.78 is 46.3. The molecular formula is C66H82N6O14. The third kappa shape index (κ3) is 13.1. The van der Waals surface area contributed by atoms with Gasteiger partial charge in [0.25, 0.3) is 0 Å². The molecule has 460 valence electrons. The monoisotopic (exact) mass is 1180 g/mol. The van der Waals surface area contributed by atoms with Gasteiger partial charge in [0.15, 0.2) is 0 Å². The van der Waals surface area contributed by atoms with E-state index in [1.807, 2.05) is 50.2 Å². The predicted molar refractivity (Wildman–Crippen MR) is 315 cm³/mol. The minimum absolute atomic E-state index is 0.0116. The Morgan fingerprint density at radius 1 is 0.558 bits per heavy atom. The van der Waals surface area contributed by atoms with Crippen LogP contribution < -0.4 is 18.9 Å². The molecule has 20 nitrogen and oxygen atoms in total. The quantitative estimate of drug-likeness (QED) is 0.0994. The van der Waals surface area contributed by atoms with Crippen LogP contribution in [0.1, 0.15) is 141 Å². The molecule has 0 spiro atoms. The van der Waals surface area contributed by atoms with Crippen molar-refractivity contribution in [3.05, 3.63) is 72.1 Å². The molecule has 12 rings (SSSR count). The molecule has 2 aromatic carbocycles. The molecule has 2 amide bonds. The van der Waals surface area contributed by atoms with Crippen LogP contribution in [0.25, 0.3) is 22.1 Å². The number of esters is 4. The molecule has 0 unspecified atom stereocenters. The Balaban J connectivity index is 0.000000179. The summed E-state index contributed by atoms with van der Waals surface area (Å²) in [5.41, 5.74) is 2.99. The number of fused-ring (bicyclic) bond motifs is 10. The van der Waals surface area contributed by atoms with Crippen LogP contribution in [0.15, 0.2) is 60.7 Å². The van der Waals surface area contributed by atoms with Gasteiger partial charge >= 0.3 is 23.9 Å². The SMILES string of the molecule is COC(=O)[C@@H]1C[C@@H]2CN1C(=O)[C@H](C1CCCC1)CC(=O)O[C@@]1(C)C[C@@H]1C/C=C/CCc1nc3cccc(OC)c3nc1O2.COC(=O)[C@@H]1C[C@@H]2CN1C(=O)[C@H](C1CCCC1)CC(=O)O[C@]1(C)C[C@H]1C/C=C/CCc1nc3cccc(OC)c3nc1O2. The first-order chi connectivity index (χ1) is 41.6. The second-order valence-electron chi connectivity index (χ2n) is 25.2. The van der Waals surface area contributed by atoms with Crippen molar-refractivity contribution in [1.29, 1.82) is 0 Å². The van der Waals surface area contributed by atoms with E-state index in [1.54, 1.807) is 24.0 Å². The van der Waals surface area contributed by atoms with E-state index in [1.165, 1.54) is 14.2 Å². The van der Waals surface area contributed by atoms with Gasteiger partial charge in [0.2, 0.25) is 23.6 Å². The van der Waals surface area contributed by atoms with Gasteiger partial charge in [-0.3, -0.25) is 19.2 Å². The molecule has 2 saturated heterocycles. The third-order valence-electron chi connectivity index (χ3n) is 19.4. The van der Waals surface area contributed by atoms with Crippen LogP contribution in [0.2, 0.25) is 0 Å². The highest BCUT2D eigenvalue weighted by molar-refractivity contribution is 5.90. The Labute approximate surface area is 502 Å². The number of para-hydroxylation sites is 2. The molecule has 10 atom stereocenters. The van der Waals surface area contributed by atoms with Crippen LogP contribution in [0.5, 0.6) is 23.3 Å². The van der Waals surface area contributed by atoms with Crippen LogP contribution in [-0.4, -0.2) is 142 Å². The Morgan fingerprint density at radius 3 is 1.35 bits per heavy atom. The lowest BCUT2D eigenvalue weighted by molar-refractivity contribution is -0.159. The fourth-order valence-electron chi connectivity index (χ4n) is 14.3. The van der Waals surface area contributed by atoms with E-state index in [9.17, 15) is 28.8 Å². The maximum atomic E-state index is 14.2. The molecule has 4 aliphatic carbocycles. The zero-order valence-corrected chi connectivity index (χ0v) is 50.5. The first-order valence-corrected chi connectivity index (χ1v) is 31.1. The van der Waals surface area contributed by atoms with Crippen molar-refractivity contribution in [3.63, 3.8) is 0 Å². The molecule has 4 aromatic rings. The summed E-state index contributed by atoms with van der Waals surface area (Å²) in [6.45, 7) is 4.33. The van der Waals surface area contributed by atoms with Gasteiger partial charge in [-0.1, -0.05) is 62.1 Å². The minimum Gasteiger partial charge on any atom is -0.494 e. The molecule has 4 saturated carbocycles. The van der Waals surface area contributed by atoms with Crippen LogP contribution in [-0.2, 0) is 60.6 Å². The Bertz CT molecular complexity index is 3050. The number of aryl methyl sites for hydroxylation is 2. The van der Waals surface area contributed by atoms with Crippen LogP contribution >= 0.6 is 0 Å². The van der Waals surface area contributed by atoms with Crippen molar-refractivity contribution in [2.45, 2.75) is 178 Å². The van der Waals surface area contributed by atoms with Crippen molar-refractivity contribution >= 4 is 57.8 Å². The van der Waals surface area contributed by atoms with Crippen LogP contribution in [0.3, 0.4) is 0 Å². The molecular weight excluding hydrogens is 1100 g/mol. The zero-order chi connectivity index (χ0) is 60.3. The van der Waals surface area contributed by atoms with Crippen molar-refractivity contribution in [2.75, 3.05) is 41.5 Å². The number of ether oxygens (including phenoxy) is 8. The summed E-state index contributed by atoms with van der Waals surface area (Å²) in [4.78, 5) is 104. The predicted octanol–water partition coefficient (Wildman–Crippen LogP) is 9.14. The average molecular weight is 1180 g/mol. The van der Waals surface area contributed by atoms with Gasteiger partial charge in [-0.25, -0.2) is 29.5 Å². The molecule has 0 N–H and O–H groups in total. The highest BCUT2D eigenvalue weighted by Crippen LogP contribution is 2.51. The van der Waals surface area contributed by atoms with Crippen molar-refractivity contribution in [1.82, 2.24) is 29.7 Å². The van der Waals surface area contributed by atoms with E-state index in [2.05, 4.69) is 24.3 Å². The second kappa shape index (κ2) is 25.9. The van der Waals surface area contributed by atoms with E-state index < -0.39 is 59.3 Å². The number of amides is 2. The Hall–Kier alpha value is -7.38. The number of carbonyl (C=O) groups excluding carboxylic acids is 6. The van der Waals surface area contributed by atoms with Crippen molar-refractivity contribution in [3.8, 4) is 23.3 Å². The van der Waals surface area contributed by atoms with Crippen LogP contribution in [0.4, 0.5) is 0 Å². The van der Waals surface area contributed by atoms with Crippen LogP contribution in [0, 0.1) is 35.5 Å². The number of hydrogen-bond acceptors (Lipinski definition) is 18. The topological polar surface area (TPSA) is 234 Å². The summed E-state index contributed by atoms with van der Waals surface area (Å²) in [7, 11) is 5.83. The normalized spacial score (nSPS) is 30.8. The lowest BCUT2D eigenvalue weighted by atomic mass is 9.86. The maximum Gasteiger partial charge on any atom is 0.328 e. The van der Waals surface area contributed by atoms with E-state index >= 15 is 0 Å². The number of methoxy groups -OCH3 is 4. The summed E-state index contributed by atoms with van der Waals surface area (Å²) in [6.07, 6.45) is 21.6. The molecule has 20 heteroatoms. The molecule has 4 aliphatic heterocycles. The highest BCUT2D eigenvalue weighted by Gasteiger charge is 2.55. The van der Waals surface area contributed by atoms with Crippen molar-refractivity contribution in [2.24, 2.45) is 35.5 Å². The first kappa shape index (κ1) is 60.3. The van der Waals surface area contributed by atoms with Gasteiger partial charge in [0.05, 0.1) is 77.2 Å². The number of carbonyl (C=O) groups is 6. The summed E-state index contributed by atoms with van der Waals surface area (Å²) in [5, 5.41) is 0. The number of benzene rings is 2. The van der Waals surface area contributed by atoms with E-state index in [-0.39, 0.29) is 86.2 Å². The van der Waals surface area contributed by atoms with Gasteiger partial charge in [-0.05, 0) is 127 Å². The second-order valence-corrected chi connectivity index (χ2v) is 25.2. The van der Waals surface area contributed by atoms with Gasteiger partial charge in [-0.2, -0.15) is 0 Å². The Morgan fingerprint density at radius 2 is 0.965 bits per heavy atom. The van der Waals surface area contributed by atoms with E-state index in [0.29, 0.717) is 69.6 Å². The lowest BCUT2D eigenvalue weighted by Crippen LogP contribution is -2.46. The Kier molecular flexibility index (Phi) is 18.2. The largest absolute Gasteiger partial charge is 0.494 e. The lowest BCUT2D eigenvalue weighted by Gasteiger charge is -2.30. The standard InChI is InChI=1S/2C33H41N3O7/c2*1-33-18-21(33)12-5-4-6-13-25-30(35-29-24(34-25)14-9-15-27(29)40-2)42-22-16-26(32(39)41-3)36(19-22)31(38)23(17-28(37)43-33)20-10-7-8-11-20/h2*4-5,9,14-15,20-23,26H,6-8,10-13,16-19H2,1-3H3/b2*5-4+/t21-,22+,23-,26-,33-;21-,22-,23+,26+,33-/m01/s1. The van der Waals surface area contributed by atoms with E-state index in [4.69, 9.17) is 57.8 Å². The first-order valence-electron chi connectivity index (χ1n) is 31.1. The molecule has 8 aliphatic rings. The number of nitrogens with zero attached hydrogens (tertiary/aromatic N) is 6. The molecule has 4 bridgehead atoms. The molecule has 6 heterocycles. The smallest absolute Gasteiger partial charge is 0.328 e. The van der Waals surface area contributed by atoms with Crippen molar-refractivity contribution < 1.29 is 66.7 Å². The fourth-order valence-corrected chi connectivity index (χ4v) is 14.3. The van der Waals surface area contributed by atoms with Gasteiger partial charge in [0.1, 0.15) is 69.4 Å². The zero-order valence-electron chi connectivity index (χ0n) is 50.5. The summed E-state index contributed by atoms with van der Waals surface area (Å²) >= 11 is 0. The number of hydrogen-bond donors (Lipinski definition) is 0. The van der Waals surface area contributed by atoms with E-state index in [0.717, 1.165) is 89.9 Å². The third-order valence-corrected chi connectivity index (χ3v) is 19.4. The molecule has 0 radical (unpaired) electrons. The molecule has 6 fully saturated rings. The van der Waals surface area contributed by atoms with Gasteiger partial charge in [-0.15, -0.1) is 0 Å². The number of rotatable bonds is 6. The number of allylic oxidation sites excluding steroid dienone is 4. The minimum atomic E-state index is -0.816. The maximum absolute atomic E-state index is 14.2. The summed E-state index contributed by atoms with van der Waals surface area (Å²) in [5.74, 6) is -0.636. The summed E-state index contributed by atoms with van der Waals surface area (Å²) in [6, 6.07) is 9.58. The molecule has 86 heavy (non-hydrogen) atoms.